The zero-order valence-corrected chi connectivity index (χ0v) is 13.8. The van der Waals surface area contributed by atoms with E-state index < -0.39 is 0 Å². The summed E-state index contributed by atoms with van der Waals surface area (Å²) in [4.78, 5) is 18.3. The molecule has 3 nitrogen and oxygen atoms in total. The van der Waals surface area contributed by atoms with Crippen LogP contribution in [0.2, 0.25) is 0 Å². The molecule has 2 aromatic heterocycles. The Hall–Kier alpha value is -1.98. The summed E-state index contributed by atoms with van der Waals surface area (Å²) < 4.78 is 0. The molecule has 112 valence electrons. The molecule has 0 aliphatic rings. The van der Waals surface area contributed by atoms with Crippen LogP contribution in [0.5, 0.6) is 0 Å². The zero-order valence-electron chi connectivity index (χ0n) is 12.2. The van der Waals surface area contributed by atoms with Crippen molar-refractivity contribution >= 4 is 28.6 Å². The molecule has 0 saturated heterocycles. The molecule has 0 unspecified atom stereocenters. The summed E-state index contributed by atoms with van der Waals surface area (Å²) in [7, 11) is 0. The van der Waals surface area contributed by atoms with E-state index in [-0.39, 0.29) is 5.91 Å². The van der Waals surface area contributed by atoms with E-state index in [0.717, 1.165) is 16.3 Å². The molecule has 0 aliphatic carbocycles. The highest BCUT2D eigenvalue weighted by atomic mass is 32.1. The summed E-state index contributed by atoms with van der Waals surface area (Å²) in [6.07, 6.45) is 2.50. The molecule has 1 N–H and O–H groups in total. The first kappa shape index (κ1) is 14.9. The minimum atomic E-state index is -0.0473. The van der Waals surface area contributed by atoms with Crippen molar-refractivity contribution < 1.29 is 4.79 Å². The molecule has 0 aliphatic heterocycles. The van der Waals surface area contributed by atoms with Crippen LogP contribution < -0.4 is 5.32 Å². The van der Waals surface area contributed by atoms with Crippen molar-refractivity contribution in [3.8, 4) is 9.88 Å². The number of hydrogen-bond acceptors (Lipinski definition) is 4. The predicted molar refractivity (Wildman–Crippen MR) is 92.6 cm³/mol. The molecule has 3 aromatic rings. The number of aromatic nitrogens is 1. The van der Waals surface area contributed by atoms with Crippen molar-refractivity contribution in [3.63, 3.8) is 0 Å². The lowest BCUT2D eigenvalue weighted by molar-refractivity contribution is 0.0958. The number of nitrogens with one attached hydrogen (secondary N) is 1. The number of thiazole rings is 1. The third-order valence-corrected chi connectivity index (χ3v) is 5.44. The molecule has 0 bridgehead atoms. The molecule has 2 heterocycles. The second-order valence-electron chi connectivity index (χ2n) is 4.94. The number of benzene rings is 1. The number of carbonyl (C=O) groups is 1. The Morgan fingerprint density at radius 3 is 2.86 bits per heavy atom. The zero-order chi connectivity index (χ0) is 15.4. The van der Waals surface area contributed by atoms with Crippen LogP contribution >= 0.6 is 22.7 Å². The molecule has 3 rings (SSSR count). The average Bonchev–Trinajstić information content (AvgIpc) is 3.20. The van der Waals surface area contributed by atoms with Crippen molar-refractivity contribution in [2.24, 2.45) is 0 Å². The topological polar surface area (TPSA) is 42.0 Å². The second kappa shape index (κ2) is 6.85. The lowest BCUT2D eigenvalue weighted by atomic mass is 10.1. The Bertz CT molecular complexity index is 763. The molecule has 0 radical (unpaired) electrons. The Kier molecular flexibility index (Phi) is 4.65. The standard InChI is InChI=1S/C17H16N2OS2/c1-12-5-2-3-6-13(12)8-9-18-16(20)15-11-19-17(22-15)14-7-4-10-21-14/h2-7,10-11H,8-9H2,1H3,(H,18,20). The van der Waals surface area contributed by atoms with Crippen LogP contribution in [-0.2, 0) is 6.42 Å². The van der Waals surface area contributed by atoms with Gasteiger partial charge in [0, 0.05) is 6.54 Å². The van der Waals surface area contributed by atoms with E-state index in [1.165, 1.54) is 22.5 Å². The van der Waals surface area contributed by atoms with Crippen molar-refractivity contribution in [3.05, 3.63) is 64.0 Å². The van der Waals surface area contributed by atoms with Crippen LogP contribution in [0, 0.1) is 6.92 Å². The third kappa shape index (κ3) is 3.43. The summed E-state index contributed by atoms with van der Waals surface area (Å²) in [6.45, 7) is 2.73. The van der Waals surface area contributed by atoms with Gasteiger partial charge in [0.2, 0.25) is 0 Å². The summed E-state index contributed by atoms with van der Waals surface area (Å²) in [5.41, 5.74) is 2.53. The smallest absolute Gasteiger partial charge is 0.263 e. The second-order valence-corrected chi connectivity index (χ2v) is 6.92. The normalized spacial score (nSPS) is 10.6. The maximum Gasteiger partial charge on any atom is 0.263 e. The van der Waals surface area contributed by atoms with Crippen LogP contribution in [0.15, 0.2) is 48.0 Å². The number of hydrogen-bond donors (Lipinski definition) is 1. The van der Waals surface area contributed by atoms with E-state index in [4.69, 9.17) is 0 Å². The summed E-state index contributed by atoms with van der Waals surface area (Å²) >= 11 is 3.07. The Labute approximate surface area is 137 Å². The summed E-state index contributed by atoms with van der Waals surface area (Å²) in [5.74, 6) is -0.0473. The Morgan fingerprint density at radius 2 is 2.09 bits per heavy atom. The molecule has 1 amide bonds. The molecule has 1 aromatic carbocycles. The van der Waals surface area contributed by atoms with E-state index in [0.29, 0.717) is 11.4 Å². The maximum absolute atomic E-state index is 12.2. The monoisotopic (exact) mass is 328 g/mol. The van der Waals surface area contributed by atoms with Gasteiger partial charge in [-0.1, -0.05) is 30.3 Å². The fraction of sp³-hybridized carbons (Fsp3) is 0.176. The lowest BCUT2D eigenvalue weighted by Gasteiger charge is -2.06. The number of thiophene rings is 1. The Balaban J connectivity index is 1.57. The molecule has 22 heavy (non-hydrogen) atoms. The quantitative estimate of drug-likeness (QED) is 0.764. The fourth-order valence-electron chi connectivity index (χ4n) is 2.18. The number of amides is 1. The van der Waals surface area contributed by atoms with E-state index in [1.54, 1.807) is 17.5 Å². The molecule has 5 heteroatoms. The van der Waals surface area contributed by atoms with Gasteiger partial charge in [0.15, 0.2) is 0 Å². The van der Waals surface area contributed by atoms with Crippen LogP contribution in [0.25, 0.3) is 9.88 Å². The lowest BCUT2D eigenvalue weighted by Crippen LogP contribution is -2.25. The number of carbonyl (C=O) groups excluding carboxylic acids is 1. The van der Waals surface area contributed by atoms with Crippen molar-refractivity contribution in [2.75, 3.05) is 6.54 Å². The van der Waals surface area contributed by atoms with E-state index in [2.05, 4.69) is 29.4 Å². The van der Waals surface area contributed by atoms with Gasteiger partial charge in [0.1, 0.15) is 9.88 Å². The van der Waals surface area contributed by atoms with Gasteiger partial charge in [-0.3, -0.25) is 4.79 Å². The van der Waals surface area contributed by atoms with Gasteiger partial charge >= 0.3 is 0 Å². The van der Waals surface area contributed by atoms with Gasteiger partial charge in [-0.2, -0.15) is 0 Å². The maximum atomic E-state index is 12.2. The third-order valence-electron chi connectivity index (χ3n) is 3.40. The molecule has 0 spiro atoms. The van der Waals surface area contributed by atoms with Crippen LogP contribution in [0.3, 0.4) is 0 Å². The fourth-order valence-corrected chi connectivity index (χ4v) is 3.82. The van der Waals surface area contributed by atoms with Crippen LogP contribution in [-0.4, -0.2) is 17.4 Å². The molecule has 0 saturated carbocycles. The van der Waals surface area contributed by atoms with E-state index in [9.17, 15) is 4.79 Å². The molecule has 0 atom stereocenters. The first-order valence-electron chi connectivity index (χ1n) is 7.06. The minimum absolute atomic E-state index is 0.0473. The molecule has 0 fully saturated rings. The van der Waals surface area contributed by atoms with E-state index in [1.807, 2.05) is 29.6 Å². The summed E-state index contributed by atoms with van der Waals surface area (Å²) in [5, 5.41) is 5.88. The average molecular weight is 328 g/mol. The SMILES string of the molecule is Cc1ccccc1CCNC(=O)c1cnc(-c2cccs2)s1. The van der Waals surface area contributed by atoms with Crippen molar-refractivity contribution in [1.82, 2.24) is 10.3 Å². The predicted octanol–water partition coefficient (Wildman–Crippen LogP) is 4.15. The van der Waals surface area contributed by atoms with Crippen molar-refractivity contribution in [1.29, 1.82) is 0 Å². The van der Waals surface area contributed by atoms with Gasteiger partial charge in [0.25, 0.3) is 5.91 Å². The van der Waals surface area contributed by atoms with Gasteiger partial charge in [-0.15, -0.1) is 22.7 Å². The van der Waals surface area contributed by atoms with Crippen LogP contribution in [0.1, 0.15) is 20.8 Å². The van der Waals surface area contributed by atoms with Gasteiger partial charge < -0.3 is 5.32 Å². The largest absolute Gasteiger partial charge is 0.351 e. The summed E-state index contributed by atoms with van der Waals surface area (Å²) in [6, 6.07) is 12.3. The first-order valence-corrected chi connectivity index (χ1v) is 8.76. The van der Waals surface area contributed by atoms with Gasteiger partial charge in [0.05, 0.1) is 11.1 Å². The number of nitrogens with zero attached hydrogens (tertiary/aromatic N) is 1. The highest BCUT2D eigenvalue weighted by Crippen LogP contribution is 2.28. The highest BCUT2D eigenvalue weighted by molar-refractivity contribution is 7.21. The van der Waals surface area contributed by atoms with Gasteiger partial charge in [-0.05, 0) is 35.9 Å². The molecular formula is C17H16N2OS2. The number of aryl methyl sites for hydroxylation is 1. The van der Waals surface area contributed by atoms with Crippen molar-refractivity contribution in [2.45, 2.75) is 13.3 Å². The highest BCUT2D eigenvalue weighted by Gasteiger charge is 2.11. The minimum Gasteiger partial charge on any atom is -0.351 e. The first-order chi connectivity index (χ1) is 10.7. The van der Waals surface area contributed by atoms with E-state index >= 15 is 0 Å². The Morgan fingerprint density at radius 1 is 1.23 bits per heavy atom. The van der Waals surface area contributed by atoms with Gasteiger partial charge in [-0.25, -0.2) is 4.98 Å². The molecular weight excluding hydrogens is 312 g/mol. The van der Waals surface area contributed by atoms with Crippen LogP contribution in [0.4, 0.5) is 0 Å². The number of rotatable bonds is 5.